The topological polar surface area (TPSA) is 53.2 Å². The Morgan fingerprint density at radius 2 is 1.79 bits per heavy atom. The summed E-state index contributed by atoms with van der Waals surface area (Å²) in [5, 5.41) is 3.48. The Bertz CT molecular complexity index is 715. The van der Waals surface area contributed by atoms with Crippen LogP contribution in [0.2, 0.25) is 0 Å². The van der Waals surface area contributed by atoms with Crippen LogP contribution in [0, 0.1) is 12.8 Å². The monoisotopic (exact) mass is 339 g/mol. The predicted octanol–water partition coefficient (Wildman–Crippen LogP) is 2.79. The molecule has 0 aromatic heterocycles. The second kappa shape index (κ2) is 7.45. The van der Waals surface area contributed by atoms with Crippen LogP contribution in [0.4, 0.5) is 0 Å². The molecule has 124 valence electrons. The van der Waals surface area contributed by atoms with Crippen LogP contribution in [0.1, 0.15) is 29.0 Å². The molecule has 2 aromatic rings. The highest BCUT2D eigenvalue weighted by molar-refractivity contribution is 7.80. The lowest BCUT2D eigenvalue weighted by Gasteiger charge is -2.11. The van der Waals surface area contributed by atoms with Crippen LogP contribution in [0.3, 0.4) is 0 Å². The zero-order valence-electron chi connectivity index (χ0n) is 13.6. The number of hydrogen-bond acceptors (Lipinski definition) is 2. The Kier molecular flexibility index (Phi) is 5.11. The molecule has 24 heavy (non-hydrogen) atoms. The maximum absolute atomic E-state index is 12.2. The highest BCUT2D eigenvalue weighted by Gasteiger charge is 2.43. The molecule has 0 heterocycles. The van der Waals surface area contributed by atoms with Crippen molar-refractivity contribution in [3.05, 3.63) is 71.3 Å². The number of carbonyl (C=O) groups excluding carboxylic acids is 1. The van der Waals surface area contributed by atoms with Gasteiger partial charge in [-0.1, -0.05) is 60.2 Å². The van der Waals surface area contributed by atoms with Crippen molar-refractivity contribution in [2.45, 2.75) is 25.8 Å². The molecule has 0 spiro atoms. The van der Waals surface area contributed by atoms with Crippen molar-refractivity contribution in [2.24, 2.45) is 5.92 Å². The van der Waals surface area contributed by atoms with Crippen LogP contribution in [0.15, 0.2) is 54.6 Å². The van der Waals surface area contributed by atoms with E-state index in [-0.39, 0.29) is 11.8 Å². The molecule has 0 saturated heterocycles. The summed E-state index contributed by atoms with van der Waals surface area (Å²) in [6, 6.07) is 18.4. The minimum atomic E-state index is -0.00978. The average Bonchev–Trinajstić information content (AvgIpc) is 3.40. The van der Waals surface area contributed by atoms with E-state index >= 15 is 0 Å². The molecule has 2 atom stereocenters. The van der Waals surface area contributed by atoms with Gasteiger partial charge in [0.05, 0.1) is 0 Å². The molecule has 2 aromatic carbocycles. The molecule has 5 heteroatoms. The van der Waals surface area contributed by atoms with E-state index < -0.39 is 0 Å². The van der Waals surface area contributed by atoms with Crippen LogP contribution in [0.5, 0.6) is 0 Å². The maximum Gasteiger partial charge on any atom is 0.242 e. The Morgan fingerprint density at radius 3 is 2.50 bits per heavy atom. The van der Waals surface area contributed by atoms with Crippen LogP contribution in [0.25, 0.3) is 0 Å². The first-order chi connectivity index (χ1) is 11.6. The van der Waals surface area contributed by atoms with E-state index in [1.165, 1.54) is 11.1 Å². The number of aryl methyl sites for hydroxylation is 1. The number of hydrogen-bond donors (Lipinski definition) is 3. The smallest absolute Gasteiger partial charge is 0.242 e. The minimum Gasteiger partial charge on any atom is -0.357 e. The van der Waals surface area contributed by atoms with Crippen LogP contribution >= 0.6 is 12.2 Å². The van der Waals surface area contributed by atoms with Gasteiger partial charge in [0.25, 0.3) is 0 Å². The zero-order chi connectivity index (χ0) is 16.9. The molecule has 0 unspecified atom stereocenters. The van der Waals surface area contributed by atoms with E-state index in [9.17, 15) is 4.79 Å². The Hall–Kier alpha value is -2.40. The zero-order valence-corrected chi connectivity index (χ0v) is 14.4. The lowest BCUT2D eigenvalue weighted by atomic mass is 10.1. The predicted molar refractivity (Wildman–Crippen MR) is 99.2 cm³/mol. The van der Waals surface area contributed by atoms with Crippen LogP contribution < -0.4 is 16.2 Å². The largest absolute Gasteiger partial charge is 0.357 e. The molecule has 1 aliphatic carbocycles. The summed E-state index contributed by atoms with van der Waals surface area (Å²) in [5.74, 6) is 0.333. The summed E-state index contributed by atoms with van der Waals surface area (Å²) >= 11 is 5.18. The van der Waals surface area contributed by atoms with Crippen molar-refractivity contribution in [3.63, 3.8) is 0 Å². The molecule has 0 aliphatic heterocycles. The van der Waals surface area contributed by atoms with E-state index in [0.29, 0.717) is 17.6 Å². The lowest BCUT2D eigenvalue weighted by Crippen LogP contribution is -2.47. The fraction of sp³-hybridized carbons (Fsp3) is 0.263. The van der Waals surface area contributed by atoms with Gasteiger partial charge in [-0.15, -0.1) is 0 Å². The number of amides is 1. The van der Waals surface area contributed by atoms with Crippen molar-refractivity contribution in [1.82, 2.24) is 16.2 Å². The van der Waals surface area contributed by atoms with Crippen molar-refractivity contribution in [2.75, 3.05) is 0 Å². The van der Waals surface area contributed by atoms with Gasteiger partial charge < -0.3 is 5.32 Å². The summed E-state index contributed by atoms with van der Waals surface area (Å²) < 4.78 is 0. The lowest BCUT2D eigenvalue weighted by molar-refractivity contribution is -0.122. The molecular formula is C19H21N3OS. The molecule has 0 bridgehead atoms. The van der Waals surface area contributed by atoms with Crippen molar-refractivity contribution in [1.29, 1.82) is 0 Å². The van der Waals surface area contributed by atoms with Gasteiger partial charge in [0, 0.05) is 12.5 Å². The fourth-order valence-electron chi connectivity index (χ4n) is 2.70. The number of nitrogens with one attached hydrogen (secondary N) is 3. The second-order valence-corrected chi connectivity index (χ2v) is 6.55. The van der Waals surface area contributed by atoms with Crippen molar-refractivity contribution in [3.8, 4) is 0 Å². The van der Waals surface area contributed by atoms with Crippen LogP contribution in [-0.2, 0) is 11.3 Å². The number of hydrazine groups is 1. The quantitative estimate of drug-likeness (QED) is 0.592. The highest BCUT2D eigenvalue weighted by Crippen LogP contribution is 2.47. The first kappa shape index (κ1) is 16.5. The van der Waals surface area contributed by atoms with E-state index in [4.69, 9.17) is 12.2 Å². The number of thiocarbonyl (C=S) groups is 1. The molecule has 4 nitrogen and oxygen atoms in total. The van der Waals surface area contributed by atoms with Gasteiger partial charge in [0.2, 0.25) is 5.91 Å². The van der Waals surface area contributed by atoms with Gasteiger partial charge in [0.1, 0.15) is 0 Å². The highest BCUT2D eigenvalue weighted by atomic mass is 32.1. The Labute approximate surface area is 147 Å². The molecule has 1 amide bonds. The van der Waals surface area contributed by atoms with Gasteiger partial charge >= 0.3 is 0 Å². The van der Waals surface area contributed by atoms with E-state index in [2.05, 4.69) is 47.4 Å². The van der Waals surface area contributed by atoms with Gasteiger partial charge in [-0.05, 0) is 42.6 Å². The van der Waals surface area contributed by atoms with Gasteiger partial charge in [0.15, 0.2) is 5.11 Å². The first-order valence-corrected chi connectivity index (χ1v) is 8.48. The normalized spacial score (nSPS) is 18.5. The van der Waals surface area contributed by atoms with Crippen LogP contribution in [-0.4, -0.2) is 11.0 Å². The number of carbonyl (C=O) groups is 1. The summed E-state index contributed by atoms with van der Waals surface area (Å²) in [6.45, 7) is 2.69. The molecule has 3 N–H and O–H groups in total. The minimum absolute atomic E-state index is 0.00978. The maximum atomic E-state index is 12.2. The molecule has 3 rings (SSSR count). The van der Waals surface area contributed by atoms with E-state index in [1.807, 2.05) is 30.3 Å². The van der Waals surface area contributed by atoms with Gasteiger partial charge in [-0.3, -0.25) is 15.6 Å². The third-order valence-electron chi connectivity index (χ3n) is 4.23. The molecular weight excluding hydrogens is 318 g/mol. The Morgan fingerprint density at radius 1 is 1.08 bits per heavy atom. The van der Waals surface area contributed by atoms with Gasteiger partial charge in [-0.25, -0.2) is 0 Å². The SMILES string of the molecule is Cc1ccc([C@H]2C[C@@H]2C(=O)NNC(=S)NCc2ccccc2)cc1. The summed E-state index contributed by atoms with van der Waals surface area (Å²) in [7, 11) is 0. The summed E-state index contributed by atoms with van der Waals surface area (Å²) in [5.41, 5.74) is 9.07. The van der Waals surface area contributed by atoms with Crippen molar-refractivity contribution < 1.29 is 4.79 Å². The Balaban J connectivity index is 1.40. The second-order valence-electron chi connectivity index (χ2n) is 6.14. The third kappa shape index (κ3) is 4.32. The standard InChI is InChI=1S/C19H21N3OS/c1-13-7-9-15(10-8-13)16-11-17(16)18(23)21-22-19(24)20-12-14-5-3-2-4-6-14/h2-10,16-17H,11-12H2,1H3,(H,21,23)(H2,20,22,24)/t16-,17+/m1/s1. The summed E-state index contributed by atoms with van der Waals surface area (Å²) in [4.78, 5) is 12.2. The van der Waals surface area contributed by atoms with E-state index in [1.54, 1.807) is 0 Å². The molecule has 0 radical (unpaired) electrons. The van der Waals surface area contributed by atoms with Gasteiger partial charge in [-0.2, -0.15) is 0 Å². The number of rotatable bonds is 4. The first-order valence-electron chi connectivity index (χ1n) is 8.07. The third-order valence-corrected chi connectivity index (χ3v) is 4.47. The average molecular weight is 339 g/mol. The summed E-state index contributed by atoms with van der Waals surface area (Å²) in [6.07, 6.45) is 0.890. The fourth-order valence-corrected chi connectivity index (χ4v) is 2.82. The number of benzene rings is 2. The molecule has 1 saturated carbocycles. The molecule has 1 fully saturated rings. The molecule has 1 aliphatic rings. The van der Waals surface area contributed by atoms with Crippen molar-refractivity contribution >= 4 is 23.2 Å². The van der Waals surface area contributed by atoms with E-state index in [0.717, 1.165) is 12.0 Å².